The molecule has 2 atom stereocenters. The Labute approximate surface area is 168 Å². The van der Waals surface area contributed by atoms with Gasteiger partial charge in [0.25, 0.3) is 0 Å². The molecule has 1 aliphatic rings. The SMILES string of the molecule is CNC(C(=O)N1CCC(Oc2ccc(Cl)c(Cl)c2)C1)c1cnn(C)c1.Cl. The third-order valence-corrected chi connectivity index (χ3v) is 4.98. The van der Waals surface area contributed by atoms with E-state index >= 15 is 0 Å². The molecule has 1 amide bonds. The number of aryl methyl sites for hydroxylation is 1. The second-order valence-electron chi connectivity index (χ2n) is 6.06. The molecule has 0 radical (unpaired) electrons. The second-order valence-corrected chi connectivity index (χ2v) is 6.87. The molecule has 9 heteroatoms. The minimum absolute atomic E-state index is 0. The summed E-state index contributed by atoms with van der Waals surface area (Å²) in [6.45, 7) is 1.20. The van der Waals surface area contributed by atoms with Crippen LogP contribution in [0.1, 0.15) is 18.0 Å². The first kappa shape index (κ1) is 20.8. The fourth-order valence-corrected chi connectivity index (χ4v) is 3.26. The van der Waals surface area contributed by atoms with Crippen molar-refractivity contribution in [2.24, 2.45) is 7.05 Å². The largest absolute Gasteiger partial charge is 0.488 e. The van der Waals surface area contributed by atoms with E-state index in [1.807, 2.05) is 18.1 Å². The lowest BCUT2D eigenvalue weighted by atomic mass is 10.1. The van der Waals surface area contributed by atoms with Gasteiger partial charge in [-0.2, -0.15) is 5.10 Å². The van der Waals surface area contributed by atoms with Gasteiger partial charge in [0.1, 0.15) is 17.9 Å². The maximum Gasteiger partial charge on any atom is 0.244 e. The molecule has 2 heterocycles. The first-order valence-corrected chi connectivity index (χ1v) is 8.80. The number of aromatic nitrogens is 2. The second kappa shape index (κ2) is 8.95. The van der Waals surface area contributed by atoms with Gasteiger partial charge in [0.15, 0.2) is 0 Å². The van der Waals surface area contributed by atoms with Crippen LogP contribution in [-0.4, -0.2) is 46.8 Å². The van der Waals surface area contributed by atoms with Gasteiger partial charge in [0.05, 0.1) is 22.8 Å². The third-order valence-electron chi connectivity index (χ3n) is 4.24. The van der Waals surface area contributed by atoms with E-state index in [4.69, 9.17) is 27.9 Å². The molecule has 3 rings (SSSR count). The summed E-state index contributed by atoms with van der Waals surface area (Å²) in [6.07, 6.45) is 4.26. The molecule has 142 valence electrons. The van der Waals surface area contributed by atoms with Crippen LogP contribution in [0.25, 0.3) is 0 Å². The van der Waals surface area contributed by atoms with Crippen molar-refractivity contribution in [1.82, 2.24) is 20.0 Å². The summed E-state index contributed by atoms with van der Waals surface area (Å²) in [7, 11) is 3.60. The number of amides is 1. The molecular weight excluding hydrogens is 399 g/mol. The van der Waals surface area contributed by atoms with E-state index < -0.39 is 6.04 Å². The number of ether oxygens (including phenoxy) is 1. The topological polar surface area (TPSA) is 59.4 Å². The lowest BCUT2D eigenvalue weighted by Crippen LogP contribution is -2.39. The first-order valence-electron chi connectivity index (χ1n) is 8.04. The molecule has 1 N–H and O–H groups in total. The molecule has 0 saturated carbocycles. The number of carbonyl (C=O) groups excluding carboxylic acids is 1. The molecule has 1 aromatic heterocycles. The number of nitrogens with one attached hydrogen (secondary N) is 1. The van der Waals surface area contributed by atoms with Crippen LogP contribution in [0.2, 0.25) is 10.0 Å². The van der Waals surface area contributed by atoms with Gasteiger partial charge in [0, 0.05) is 37.8 Å². The normalized spacial score (nSPS) is 17.7. The van der Waals surface area contributed by atoms with Crippen LogP contribution >= 0.6 is 35.6 Å². The summed E-state index contributed by atoms with van der Waals surface area (Å²) in [5, 5.41) is 8.15. The van der Waals surface area contributed by atoms with Crippen molar-refractivity contribution in [3.05, 3.63) is 46.2 Å². The average Bonchev–Trinajstić information content (AvgIpc) is 3.21. The number of carbonyl (C=O) groups is 1. The quantitative estimate of drug-likeness (QED) is 0.809. The Morgan fingerprint density at radius 1 is 1.38 bits per heavy atom. The number of rotatable bonds is 5. The molecule has 0 spiro atoms. The van der Waals surface area contributed by atoms with E-state index in [9.17, 15) is 4.79 Å². The Hall–Kier alpha value is -1.47. The Morgan fingerprint density at radius 3 is 2.77 bits per heavy atom. The minimum atomic E-state index is -0.405. The third kappa shape index (κ3) is 4.62. The van der Waals surface area contributed by atoms with Crippen molar-refractivity contribution in [2.45, 2.75) is 18.6 Å². The standard InChI is InChI=1S/C17H20Cl2N4O2.ClH/c1-20-16(11-8-21-22(2)9-11)17(24)23-6-5-13(10-23)25-12-3-4-14(18)15(19)7-12;/h3-4,7-9,13,16,20H,5-6,10H2,1-2H3;1H. The zero-order valence-electron chi connectivity index (χ0n) is 14.5. The number of hydrogen-bond donors (Lipinski definition) is 1. The highest BCUT2D eigenvalue weighted by atomic mass is 35.5. The summed E-state index contributed by atoms with van der Waals surface area (Å²) in [4.78, 5) is 14.6. The number of halogens is 3. The summed E-state index contributed by atoms with van der Waals surface area (Å²) >= 11 is 11.9. The van der Waals surface area contributed by atoms with Gasteiger partial charge >= 0.3 is 0 Å². The van der Waals surface area contributed by atoms with Crippen LogP contribution in [0.3, 0.4) is 0 Å². The molecule has 1 saturated heterocycles. The van der Waals surface area contributed by atoms with E-state index in [1.165, 1.54) is 0 Å². The molecule has 1 fully saturated rings. The number of hydrogen-bond acceptors (Lipinski definition) is 4. The minimum Gasteiger partial charge on any atom is -0.488 e. The average molecular weight is 420 g/mol. The molecule has 0 aliphatic carbocycles. The fourth-order valence-electron chi connectivity index (χ4n) is 2.97. The van der Waals surface area contributed by atoms with Crippen molar-refractivity contribution in [1.29, 1.82) is 0 Å². The molecule has 6 nitrogen and oxygen atoms in total. The van der Waals surface area contributed by atoms with Crippen LogP contribution in [0, 0.1) is 0 Å². The Morgan fingerprint density at radius 2 is 2.15 bits per heavy atom. The highest BCUT2D eigenvalue weighted by Crippen LogP contribution is 2.28. The highest BCUT2D eigenvalue weighted by molar-refractivity contribution is 6.42. The lowest BCUT2D eigenvalue weighted by Gasteiger charge is -2.22. The molecule has 26 heavy (non-hydrogen) atoms. The summed E-state index contributed by atoms with van der Waals surface area (Å²) in [5.74, 6) is 0.682. The van der Waals surface area contributed by atoms with E-state index in [0.717, 1.165) is 12.0 Å². The Kier molecular flexibility index (Phi) is 7.17. The van der Waals surface area contributed by atoms with Crippen molar-refractivity contribution >= 4 is 41.5 Å². The van der Waals surface area contributed by atoms with Crippen molar-refractivity contribution in [3.8, 4) is 5.75 Å². The lowest BCUT2D eigenvalue weighted by molar-refractivity contribution is -0.132. The maximum atomic E-state index is 12.8. The molecule has 2 unspecified atom stereocenters. The number of likely N-dealkylation sites (N-methyl/N-ethyl adjacent to an activating group) is 1. The van der Waals surface area contributed by atoms with E-state index in [-0.39, 0.29) is 24.4 Å². The van der Waals surface area contributed by atoms with Gasteiger partial charge in [0.2, 0.25) is 5.91 Å². The molecule has 0 bridgehead atoms. The highest BCUT2D eigenvalue weighted by Gasteiger charge is 2.32. The zero-order valence-corrected chi connectivity index (χ0v) is 16.8. The van der Waals surface area contributed by atoms with E-state index in [0.29, 0.717) is 28.9 Å². The number of likely N-dealkylation sites (tertiary alicyclic amines) is 1. The number of nitrogens with zero attached hydrogens (tertiary/aromatic N) is 3. The van der Waals surface area contributed by atoms with Gasteiger partial charge in [-0.25, -0.2) is 0 Å². The van der Waals surface area contributed by atoms with Crippen LogP contribution in [0.5, 0.6) is 5.75 Å². The smallest absolute Gasteiger partial charge is 0.244 e. The predicted molar refractivity (Wildman–Crippen MR) is 104 cm³/mol. The van der Waals surface area contributed by atoms with Gasteiger partial charge in [-0.05, 0) is 19.2 Å². The van der Waals surface area contributed by atoms with Crippen LogP contribution in [0.15, 0.2) is 30.6 Å². The van der Waals surface area contributed by atoms with Crippen molar-refractivity contribution < 1.29 is 9.53 Å². The van der Waals surface area contributed by atoms with Gasteiger partial charge in [-0.15, -0.1) is 12.4 Å². The fraction of sp³-hybridized carbons (Fsp3) is 0.412. The zero-order chi connectivity index (χ0) is 18.0. The summed E-state index contributed by atoms with van der Waals surface area (Å²) in [5.41, 5.74) is 0.851. The van der Waals surface area contributed by atoms with Gasteiger partial charge in [-0.3, -0.25) is 9.48 Å². The summed E-state index contributed by atoms with van der Waals surface area (Å²) < 4.78 is 7.63. The monoisotopic (exact) mass is 418 g/mol. The maximum absolute atomic E-state index is 12.8. The van der Waals surface area contributed by atoms with Gasteiger partial charge in [-0.1, -0.05) is 23.2 Å². The van der Waals surface area contributed by atoms with Crippen molar-refractivity contribution in [3.63, 3.8) is 0 Å². The van der Waals surface area contributed by atoms with Crippen LogP contribution in [-0.2, 0) is 11.8 Å². The number of benzene rings is 1. The molecule has 1 aromatic carbocycles. The van der Waals surface area contributed by atoms with Crippen LogP contribution in [0.4, 0.5) is 0 Å². The Balaban J connectivity index is 0.00000243. The summed E-state index contributed by atoms with van der Waals surface area (Å²) in [6, 6.07) is 4.78. The van der Waals surface area contributed by atoms with Crippen LogP contribution < -0.4 is 10.1 Å². The Bertz CT molecular complexity index is 768. The first-order chi connectivity index (χ1) is 12.0. The van der Waals surface area contributed by atoms with Gasteiger partial charge < -0.3 is 15.0 Å². The van der Waals surface area contributed by atoms with E-state index in [1.54, 1.807) is 36.1 Å². The predicted octanol–water partition coefficient (Wildman–Crippen LogP) is 3.09. The molecular formula is C17H21Cl3N4O2. The molecule has 1 aliphatic heterocycles. The molecule has 2 aromatic rings. The van der Waals surface area contributed by atoms with E-state index in [2.05, 4.69) is 10.4 Å². The van der Waals surface area contributed by atoms with Crippen molar-refractivity contribution in [2.75, 3.05) is 20.1 Å².